The van der Waals surface area contributed by atoms with Gasteiger partial charge < -0.3 is 9.13 Å². The summed E-state index contributed by atoms with van der Waals surface area (Å²) in [5.74, 6) is 0.784. The number of nitrogens with zero attached hydrogens (tertiary/aromatic N) is 6. The van der Waals surface area contributed by atoms with Gasteiger partial charge in [0.15, 0.2) is 11.6 Å². The molecule has 0 aliphatic heterocycles. The summed E-state index contributed by atoms with van der Waals surface area (Å²) in [7, 11) is 0. The lowest BCUT2D eigenvalue weighted by Crippen LogP contribution is -2.12. The molecule has 8 aromatic carbocycles. The molecule has 0 N–H and O–H groups in total. The third-order valence-corrected chi connectivity index (χ3v) is 12.2. The van der Waals surface area contributed by atoms with Gasteiger partial charge in [-0.15, -0.1) is 0 Å². The van der Waals surface area contributed by atoms with Gasteiger partial charge in [-0.1, -0.05) is 114 Å². The minimum Gasteiger partial charge on any atom is -0.309 e. The molecule has 0 radical (unpaired) electrons. The second-order valence-corrected chi connectivity index (χ2v) is 16.2. The Bertz CT molecular complexity index is 3750. The standard InChI is InChI=1S/C54H35F3N6/c1-32-21-25-45-40(29-32)41-30-33(2)22-26-46(41)63(45)53-59-51(34-13-5-3-6-14-34)58-52(60-53)35-23-27-47(42(31-35)54(55,56)57)62-43-19-11-9-17-37(43)38-24-28-48-49(50(38)62)39-18-10-12-20-44(39)61(48)36-15-7-4-8-16-36/h3-31H,1-2H3. The third-order valence-electron chi connectivity index (χ3n) is 12.2. The molecule has 0 fully saturated rings. The lowest BCUT2D eigenvalue weighted by molar-refractivity contribution is -0.137. The lowest BCUT2D eigenvalue weighted by Gasteiger charge is -2.18. The van der Waals surface area contributed by atoms with E-state index in [0.29, 0.717) is 28.4 Å². The Morgan fingerprint density at radius 1 is 0.413 bits per heavy atom. The van der Waals surface area contributed by atoms with Crippen LogP contribution in [0, 0.1) is 13.8 Å². The molecular formula is C54H35F3N6. The number of hydrogen-bond acceptors (Lipinski definition) is 3. The topological polar surface area (TPSA) is 53.5 Å². The molecule has 12 rings (SSSR count). The van der Waals surface area contributed by atoms with Crippen LogP contribution in [0.25, 0.3) is 106 Å². The molecule has 6 nitrogen and oxygen atoms in total. The Hall–Kier alpha value is -8.04. The first kappa shape index (κ1) is 36.8. The third kappa shape index (κ3) is 5.69. The van der Waals surface area contributed by atoms with E-state index < -0.39 is 11.7 Å². The summed E-state index contributed by atoms with van der Waals surface area (Å²) >= 11 is 0. The zero-order valence-electron chi connectivity index (χ0n) is 34.1. The highest BCUT2D eigenvalue weighted by Crippen LogP contribution is 2.45. The van der Waals surface area contributed by atoms with Crippen LogP contribution >= 0.6 is 0 Å². The Balaban J connectivity index is 1.14. The Labute approximate surface area is 358 Å². The van der Waals surface area contributed by atoms with Crippen molar-refractivity contribution in [2.45, 2.75) is 20.0 Å². The molecule has 0 saturated carbocycles. The van der Waals surface area contributed by atoms with Gasteiger partial charge in [0.05, 0.1) is 44.4 Å². The molecule has 0 spiro atoms. The largest absolute Gasteiger partial charge is 0.418 e. The van der Waals surface area contributed by atoms with E-state index in [1.807, 2.05) is 132 Å². The second kappa shape index (κ2) is 13.7. The van der Waals surface area contributed by atoms with Crippen molar-refractivity contribution in [3.8, 4) is 40.1 Å². The van der Waals surface area contributed by atoms with Crippen molar-refractivity contribution < 1.29 is 13.2 Å². The number of fused-ring (bicyclic) bond motifs is 10. The molecule has 0 bridgehead atoms. The van der Waals surface area contributed by atoms with Crippen LogP contribution in [0.1, 0.15) is 16.7 Å². The van der Waals surface area contributed by atoms with Crippen LogP contribution in [0.3, 0.4) is 0 Å². The van der Waals surface area contributed by atoms with Crippen LogP contribution in [0.5, 0.6) is 0 Å². The van der Waals surface area contributed by atoms with E-state index >= 15 is 13.2 Å². The summed E-state index contributed by atoms with van der Waals surface area (Å²) in [6.45, 7) is 4.11. The van der Waals surface area contributed by atoms with Gasteiger partial charge in [-0.2, -0.15) is 23.1 Å². The molecule has 302 valence electrons. The zero-order valence-corrected chi connectivity index (χ0v) is 34.1. The number of rotatable bonds is 5. The van der Waals surface area contributed by atoms with Gasteiger partial charge in [0.2, 0.25) is 5.95 Å². The zero-order chi connectivity index (χ0) is 42.6. The molecule has 4 heterocycles. The van der Waals surface area contributed by atoms with Crippen LogP contribution in [0.15, 0.2) is 176 Å². The van der Waals surface area contributed by atoms with Crippen LogP contribution in [-0.2, 0) is 6.18 Å². The number of hydrogen-bond donors (Lipinski definition) is 0. The van der Waals surface area contributed by atoms with Crippen molar-refractivity contribution in [3.63, 3.8) is 0 Å². The summed E-state index contributed by atoms with van der Waals surface area (Å²) < 4.78 is 53.7. The van der Waals surface area contributed by atoms with E-state index in [1.54, 1.807) is 16.7 Å². The SMILES string of the molecule is Cc1ccc2c(c1)c1cc(C)ccc1n2-c1nc(-c2ccccc2)nc(-c2ccc(-n3c4ccccc4c4ccc5c(c6ccccc6n5-c5ccccc5)c43)c(C(F)(F)F)c2)n1. The Kier molecular flexibility index (Phi) is 8.02. The normalized spacial score (nSPS) is 12.2. The van der Waals surface area contributed by atoms with Gasteiger partial charge in [-0.05, 0) is 86.6 Å². The predicted octanol–water partition coefficient (Wildman–Crippen LogP) is 14.1. The monoisotopic (exact) mass is 824 g/mol. The smallest absolute Gasteiger partial charge is 0.309 e. The number of benzene rings is 8. The van der Waals surface area contributed by atoms with Crippen molar-refractivity contribution in [2.24, 2.45) is 0 Å². The maximum absolute atomic E-state index is 15.9. The van der Waals surface area contributed by atoms with Gasteiger partial charge in [-0.25, -0.2) is 4.98 Å². The number of aromatic nitrogens is 6. The van der Waals surface area contributed by atoms with E-state index in [0.717, 1.165) is 71.2 Å². The highest BCUT2D eigenvalue weighted by molar-refractivity contribution is 6.26. The molecule has 0 aliphatic carbocycles. The van der Waals surface area contributed by atoms with E-state index in [9.17, 15) is 0 Å². The highest BCUT2D eigenvalue weighted by Gasteiger charge is 2.36. The van der Waals surface area contributed by atoms with E-state index in [2.05, 4.69) is 48.7 Å². The van der Waals surface area contributed by atoms with Gasteiger partial charge in [0, 0.05) is 49.1 Å². The summed E-state index contributed by atoms with van der Waals surface area (Å²) in [6.07, 6.45) is -4.75. The van der Waals surface area contributed by atoms with Crippen LogP contribution in [-0.4, -0.2) is 28.7 Å². The van der Waals surface area contributed by atoms with Crippen molar-refractivity contribution in [3.05, 3.63) is 193 Å². The minimum absolute atomic E-state index is 0.00666. The molecule has 0 amide bonds. The summed E-state index contributed by atoms with van der Waals surface area (Å²) in [6, 6.07) is 56.3. The fraction of sp³-hybridized carbons (Fsp3) is 0.0556. The van der Waals surface area contributed by atoms with Crippen molar-refractivity contribution in [1.82, 2.24) is 28.7 Å². The van der Waals surface area contributed by atoms with Crippen molar-refractivity contribution in [2.75, 3.05) is 0 Å². The van der Waals surface area contributed by atoms with E-state index in [1.165, 1.54) is 6.07 Å². The van der Waals surface area contributed by atoms with E-state index in [-0.39, 0.29) is 17.1 Å². The molecule has 0 aliphatic rings. The molecule has 0 unspecified atom stereocenters. The molecule has 63 heavy (non-hydrogen) atoms. The van der Waals surface area contributed by atoms with Crippen molar-refractivity contribution >= 4 is 65.4 Å². The van der Waals surface area contributed by atoms with Gasteiger partial charge >= 0.3 is 6.18 Å². The maximum Gasteiger partial charge on any atom is 0.418 e. The molecule has 9 heteroatoms. The number of aryl methyl sites for hydroxylation is 2. The summed E-state index contributed by atoms with van der Waals surface area (Å²) in [5.41, 5.74) is 8.29. The molecule has 12 aromatic rings. The number of alkyl halides is 3. The molecule has 0 saturated heterocycles. The molecular weight excluding hydrogens is 790 g/mol. The van der Waals surface area contributed by atoms with Crippen LogP contribution in [0.2, 0.25) is 0 Å². The minimum atomic E-state index is -4.75. The maximum atomic E-state index is 15.9. The fourth-order valence-corrected chi connectivity index (χ4v) is 9.49. The predicted molar refractivity (Wildman–Crippen MR) is 248 cm³/mol. The fourth-order valence-electron chi connectivity index (χ4n) is 9.49. The Morgan fingerprint density at radius 3 is 1.63 bits per heavy atom. The number of halogens is 3. The van der Waals surface area contributed by atoms with Gasteiger partial charge in [-0.3, -0.25) is 4.57 Å². The van der Waals surface area contributed by atoms with Crippen LogP contribution in [0.4, 0.5) is 13.2 Å². The van der Waals surface area contributed by atoms with Crippen LogP contribution < -0.4 is 0 Å². The average Bonchev–Trinajstić information content (AvgIpc) is 3.94. The van der Waals surface area contributed by atoms with E-state index in [4.69, 9.17) is 15.0 Å². The Morgan fingerprint density at radius 2 is 0.968 bits per heavy atom. The summed E-state index contributed by atoms with van der Waals surface area (Å²) in [4.78, 5) is 14.9. The molecule has 4 aromatic heterocycles. The first-order chi connectivity index (χ1) is 30.7. The van der Waals surface area contributed by atoms with Gasteiger partial charge in [0.25, 0.3) is 0 Å². The highest BCUT2D eigenvalue weighted by atomic mass is 19.4. The van der Waals surface area contributed by atoms with Crippen molar-refractivity contribution in [1.29, 1.82) is 0 Å². The number of para-hydroxylation sites is 3. The quantitative estimate of drug-likeness (QED) is 0.174. The second-order valence-electron chi connectivity index (χ2n) is 16.2. The lowest BCUT2D eigenvalue weighted by atomic mass is 10.1. The first-order valence-electron chi connectivity index (χ1n) is 20.8. The first-order valence-corrected chi connectivity index (χ1v) is 20.8. The van der Waals surface area contributed by atoms with Gasteiger partial charge in [0.1, 0.15) is 0 Å². The summed E-state index contributed by atoms with van der Waals surface area (Å²) in [5, 5.41) is 5.59. The molecule has 0 atom stereocenters. The average molecular weight is 825 g/mol.